The third kappa shape index (κ3) is 3.91. The van der Waals surface area contributed by atoms with Gasteiger partial charge in [0.2, 0.25) is 0 Å². The van der Waals surface area contributed by atoms with Gasteiger partial charge in [0.25, 0.3) is 5.91 Å². The van der Waals surface area contributed by atoms with Crippen molar-refractivity contribution in [2.24, 2.45) is 0 Å². The van der Waals surface area contributed by atoms with Crippen LogP contribution in [0.25, 0.3) is 0 Å². The number of hydrogen-bond acceptors (Lipinski definition) is 3. The number of aromatic nitrogens is 1. The summed E-state index contributed by atoms with van der Waals surface area (Å²) in [6, 6.07) is 18.5. The standard InChI is InChI=1S/C19H16ClN3O/c1-13-5-4-6-14(11-13)22-18-10-9-15(12-21-18)23-19(24)16-7-2-3-8-17(16)20/h2-12H,1H3,(H,21,22)(H,23,24). The molecule has 0 fully saturated rings. The minimum Gasteiger partial charge on any atom is -0.340 e. The number of pyridine rings is 1. The maximum atomic E-state index is 12.2. The van der Waals surface area contributed by atoms with Crippen molar-refractivity contribution in [3.8, 4) is 0 Å². The SMILES string of the molecule is Cc1cccc(Nc2ccc(NC(=O)c3ccccc3Cl)cn2)c1. The molecule has 1 heterocycles. The van der Waals surface area contributed by atoms with Crippen LogP contribution < -0.4 is 10.6 Å². The summed E-state index contributed by atoms with van der Waals surface area (Å²) < 4.78 is 0. The van der Waals surface area contributed by atoms with Gasteiger partial charge in [0.05, 0.1) is 22.5 Å². The van der Waals surface area contributed by atoms with Crippen LogP contribution in [0.5, 0.6) is 0 Å². The number of amides is 1. The molecule has 5 heteroatoms. The van der Waals surface area contributed by atoms with Gasteiger partial charge >= 0.3 is 0 Å². The number of rotatable bonds is 4. The normalized spacial score (nSPS) is 10.2. The van der Waals surface area contributed by atoms with Crippen molar-refractivity contribution in [1.29, 1.82) is 0 Å². The number of benzene rings is 2. The van der Waals surface area contributed by atoms with Gasteiger partial charge in [0, 0.05) is 5.69 Å². The Labute approximate surface area is 145 Å². The third-order valence-electron chi connectivity index (χ3n) is 3.43. The molecular formula is C19H16ClN3O. The summed E-state index contributed by atoms with van der Waals surface area (Å²) in [5, 5.41) is 6.42. The molecule has 24 heavy (non-hydrogen) atoms. The number of carbonyl (C=O) groups excluding carboxylic acids is 1. The second-order valence-electron chi connectivity index (χ2n) is 5.36. The lowest BCUT2D eigenvalue weighted by Crippen LogP contribution is -2.12. The van der Waals surface area contributed by atoms with Gasteiger partial charge in [-0.05, 0) is 48.9 Å². The average Bonchev–Trinajstić information content (AvgIpc) is 2.57. The highest BCUT2D eigenvalue weighted by molar-refractivity contribution is 6.34. The van der Waals surface area contributed by atoms with Gasteiger partial charge < -0.3 is 10.6 Å². The molecule has 3 aromatic rings. The zero-order chi connectivity index (χ0) is 16.9. The second-order valence-corrected chi connectivity index (χ2v) is 5.77. The highest BCUT2D eigenvalue weighted by Crippen LogP contribution is 2.19. The first-order valence-corrected chi connectivity index (χ1v) is 7.85. The number of carbonyl (C=O) groups is 1. The van der Waals surface area contributed by atoms with Crippen LogP contribution in [-0.2, 0) is 0 Å². The molecule has 0 aliphatic carbocycles. The molecule has 0 unspecified atom stereocenters. The van der Waals surface area contributed by atoms with Crippen molar-refractivity contribution in [3.63, 3.8) is 0 Å². The van der Waals surface area contributed by atoms with E-state index in [1.165, 1.54) is 5.56 Å². The summed E-state index contributed by atoms with van der Waals surface area (Å²) in [6.07, 6.45) is 1.60. The first kappa shape index (κ1) is 16.0. The predicted octanol–water partition coefficient (Wildman–Crippen LogP) is 5.04. The number of nitrogens with one attached hydrogen (secondary N) is 2. The molecule has 2 N–H and O–H groups in total. The fourth-order valence-electron chi connectivity index (χ4n) is 2.26. The molecule has 4 nitrogen and oxygen atoms in total. The van der Waals surface area contributed by atoms with Crippen LogP contribution in [0.15, 0.2) is 66.9 Å². The quantitative estimate of drug-likeness (QED) is 0.701. The molecule has 0 aliphatic rings. The Morgan fingerprint density at radius 1 is 1.00 bits per heavy atom. The molecule has 3 rings (SSSR count). The van der Waals surface area contributed by atoms with Crippen LogP contribution in [0.2, 0.25) is 5.02 Å². The van der Waals surface area contributed by atoms with Gasteiger partial charge in [-0.1, -0.05) is 35.9 Å². The first-order chi connectivity index (χ1) is 11.6. The average molecular weight is 338 g/mol. The van der Waals surface area contributed by atoms with Gasteiger partial charge in [-0.15, -0.1) is 0 Å². The van der Waals surface area contributed by atoms with Gasteiger partial charge in [-0.3, -0.25) is 4.79 Å². The topological polar surface area (TPSA) is 54.0 Å². The van der Waals surface area contributed by atoms with E-state index in [0.717, 1.165) is 5.69 Å². The van der Waals surface area contributed by atoms with Crippen LogP contribution >= 0.6 is 11.6 Å². The molecular weight excluding hydrogens is 322 g/mol. The van der Waals surface area contributed by atoms with E-state index in [0.29, 0.717) is 22.1 Å². The molecule has 0 bridgehead atoms. The van der Waals surface area contributed by atoms with Crippen LogP contribution in [0.3, 0.4) is 0 Å². The summed E-state index contributed by atoms with van der Waals surface area (Å²) in [6.45, 7) is 2.03. The second kappa shape index (κ2) is 7.15. The van der Waals surface area contributed by atoms with Crippen molar-refractivity contribution < 1.29 is 4.79 Å². The van der Waals surface area contributed by atoms with Crippen LogP contribution in [-0.4, -0.2) is 10.9 Å². The summed E-state index contributed by atoms with van der Waals surface area (Å²) >= 11 is 6.03. The Morgan fingerprint density at radius 2 is 1.83 bits per heavy atom. The van der Waals surface area contributed by atoms with Gasteiger partial charge in [-0.2, -0.15) is 0 Å². The Hall–Kier alpha value is -2.85. The van der Waals surface area contributed by atoms with E-state index >= 15 is 0 Å². The maximum Gasteiger partial charge on any atom is 0.257 e. The van der Waals surface area contributed by atoms with Crippen LogP contribution in [0, 0.1) is 6.92 Å². The lowest BCUT2D eigenvalue weighted by Gasteiger charge is -2.09. The molecule has 1 amide bonds. The number of aryl methyl sites for hydroxylation is 1. The highest BCUT2D eigenvalue weighted by atomic mass is 35.5. The maximum absolute atomic E-state index is 12.2. The fraction of sp³-hybridized carbons (Fsp3) is 0.0526. The Morgan fingerprint density at radius 3 is 2.54 bits per heavy atom. The number of nitrogens with zero attached hydrogens (tertiary/aromatic N) is 1. The van der Waals surface area contributed by atoms with Crippen LogP contribution in [0.4, 0.5) is 17.2 Å². The molecule has 1 aromatic heterocycles. The summed E-state index contributed by atoms with van der Waals surface area (Å²) in [7, 11) is 0. The van der Waals surface area contributed by atoms with E-state index in [1.54, 1.807) is 36.5 Å². The minimum absolute atomic E-state index is 0.262. The number of anilines is 3. The zero-order valence-electron chi connectivity index (χ0n) is 13.1. The summed E-state index contributed by atoms with van der Waals surface area (Å²) in [5.41, 5.74) is 3.18. The Balaban J connectivity index is 1.68. The van der Waals surface area contributed by atoms with E-state index in [9.17, 15) is 4.79 Å². The molecule has 0 aliphatic heterocycles. The Bertz CT molecular complexity index is 862. The van der Waals surface area contributed by atoms with Gasteiger partial charge in [0.1, 0.15) is 5.82 Å². The lowest BCUT2D eigenvalue weighted by atomic mass is 10.2. The highest BCUT2D eigenvalue weighted by Gasteiger charge is 2.09. The van der Waals surface area contributed by atoms with Crippen molar-refractivity contribution in [1.82, 2.24) is 4.98 Å². The molecule has 0 spiro atoms. The van der Waals surface area contributed by atoms with Crippen molar-refractivity contribution in [2.45, 2.75) is 6.92 Å². The monoisotopic (exact) mass is 337 g/mol. The smallest absolute Gasteiger partial charge is 0.257 e. The van der Waals surface area contributed by atoms with E-state index in [1.807, 2.05) is 37.3 Å². The van der Waals surface area contributed by atoms with Crippen molar-refractivity contribution in [3.05, 3.63) is 83.0 Å². The molecule has 0 atom stereocenters. The molecule has 0 radical (unpaired) electrons. The van der Waals surface area contributed by atoms with Crippen LogP contribution in [0.1, 0.15) is 15.9 Å². The molecule has 2 aromatic carbocycles. The molecule has 120 valence electrons. The largest absolute Gasteiger partial charge is 0.340 e. The predicted molar refractivity (Wildman–Crippen MR) is 98.1 cm³/mol. The third-order valence-corrected chi connectivity index (χ3v) is 3.76. The van der Waals surface area contributed by atoms with Gasteiger partial charge in [-0.25, -0.2) is 4.98 Å². The summed E-state index contributed by atoms with van der Waals surface area (Å²) in [4.78, 5) is 16.5. The number of halogens is 1. The first-order valence-electron chi connectivity index (χ1n) is 7.47. The molecule has 0 saturated heterocycles. The minimum atomic E-state index is -0.262. The van der Waals surface area contributed by atoms with Gasteiger partial charge in [0.15, 0.2) is 0 Å². The van der Waals surface area contributed by atoms with E-state index in [2.05, 4.69) is 15.6 Å². The summed E-state index contributed by atoms with van der Waals surface area (Å²) in [5.74, 6) is 0.443. The van der Waals surface area contributed by atoms with E-state index < -0.39 is 0 Å². The molecule has 0 saturated carbocycles. The van der Waals surface area contributed by atoms with E-state index in [4.69, 9.17) is 11.6 Å². The van der Waals surface area contributed by atoms with Crippen molar-refractivity contribution >= 4 is 34.7 Å². The lowest BCUT2D eigenvalue weighted by molar-refractivity contribution is 0.102. The fourth-order valence-corrected chi connectivity index (χ4v) is 2.48. The zero-order valence-corrected chi connectivity index (χ0v) is 13.8. The van der Waals surface area contributed by atoms with E-state index in [-0.39, 0.29) is 5.91 Å². The van der Waals surface area contributed by atoms with Crippen molar-refractivity contribution in [2.75, 3.05) is 10.6 Å². The Kier molecular flexibility index (Phi) is 4.77. The number of hydrogen-bond donors (Lipinski definition) is 2.